The lowest BCUT2D eigenvalue weighted by atomic mass is 10.1. The van der Waals surface area contributed by atoms with Gasteiger partial charge in [0.25, 0.3) is 0 Å². The van der Waals surface area contributed by atoms with Crippen molar-refractivity contribution in [3.05, 3.63) is 41.6 Å². The lowest BCUT2D eigenvalue weighted by Crippen LogP contribution is -2.24. The zero-order valence-electron chi connectivity index (χ0n) is 7.45. The van der Waals surface area contributed by atoms with Crippen LogP contribution in [0.5, 0.6) is 0 Å². The van der Waals surface area contributed by atoms with E-state index in [1.165, 1.54) is 5.56 Å². The van der Waals surface area contributed by atoms with Gasteiger partial charge < -0.3 is 5.43 Å². The summed E-state index contributed by atoms with van der Waals surface area (Å²) in [6.45, 7) is 2.04. The highest BCUT2D eigenvalue weighted by Crippen LogP contribution is 2.03. The second kappa shape index (κ2) is 4.98. The lowest BCUT2D eigenvalue weighted by Gasteiger charge is -1.96. The van der Waals surface area contributed by atoms with E-state index in [4.69, 9.17) is 0 Å². The molecule has 0 saturated heterocycles. The van der Waals surface area contributed by atoms with Crippen LogP contribution in [0.2, 0.25) is 0 Å². The molecule has 0 aliphatic rings. The van der Waals surface area contributed by atoms with Gasteiger partial charge in [-0.3, -0.25) is 10.2 Å². The summed E-state index contributed by atoms with van der Waals surface area (Å²) in [6, 6.07) is 8.09. The number of amides is 1. The maximum atomic E-state index is 9.85. The number of benzene rings is 1. The summed E-state index contributed by atoms with van der Waals surface area (Å²) in [6.07, 6.45) is 4.12. The van der Waals surface area contributed by atoms with Crippen LogP contribution >= 0.6 is 0 Å². The molecule has 0 radical (unpaired) electrons. The number of nitrogens with one attached hydrogen (secondary N) is 2. The Morgan fingerprint density at radius 3 is 2.46 bits per heavy atom. The van der Waals surface area contributed by atoms with Gasteiger partial charge in [0, 0.05) is 6.20 Å². The Balaban J connectivity index is 2.49. The summed E-state index contributed by atoms with van der Waals surface area (Å²) in [5, 5.41) is 0. The number of hydrogen-bond acceptors (Lipinski definition) is 2. The van der Waals surface area contributed by atoms with E-state index in [2.05, 4.69) is 10.9 Å². The molecule has 0 saturated carbocycles. The molecule has 1 amide bonds. The quantitative estimate of drug-likeness (QED) is 0.411. The number of hydrazine groups is 1. The molecule has 68 valence electrons. The molecule has 0 fully saturated rings. The van der Waals surface area contributed by atoms with E-state index in [0.717, 1.165) is 5.56 Å². The van der Waals surface area contributed by atoms with Crippen molar-refractivity contribution in [2.75, 3.05) is 0 Å². The Labute approximate surface area is 77.4 Å². The minimum absolute atomic E-state index is 0.583. The van der Waals surface area contributed by atoms with Gasteiger partial charge >= 0.3 is 0 Å². The van der Waals surface area contributed by atoms with Crippen molar-refractivity contribution in [2.45, 2.75) is 6.92 Å². The van der Waals surface area contributed by atoms with Crippen molar-refractivity contribution in [2.24, 2.45) is 0 Å². The Morgan fingerprint density at radius 1 is 1.15 bits per heavy atom. The van der Waals surface area contributed by atoms with E-state index in [-0.39, 0.29) is 0 Å². The van der Waals surface area contributed by atoms with Crippen LogP contribution in [0.25, 0.3) is 6.08 Å². The molecule has 0 aromatic heterocycles. The molecular weight excluding hydrogens is 164 g/mol. The smallest absolute Gasteiger partial charge is 0.225 e. The van der Waals surface area contributed by atoms with Crippen molar-refractivity contribution < 1.29 is 4.79 Å². The topological polar surface area (TPSA) is 41.1 Å². The molecule has 1 rings (SSSR count). The van der Waals surface area contributed by atoms with Gasteiger partial charge in [0.05, 0.1) is 0 Å². The molecule has 0 bridgehead atoms. The SMILES string of the molecule is Cc1ccc(/C=C/NNC=O)cc1. The summed E-state index contributed by atoms with van der Waals surface area (Å²) in [5.74, 6) is 0. The summed E-state index contributed by atoms with van der Waals surface area (Å²) in [4.78, 5) is 9.85. The average Bonchev–Trinajstić information content (AvgIpc) is 2.15. The molecule has 13 heavy (non-hydrogen) atoms. The number of carbonyl (C=O) groups is 1. The highest BCUT2D eigenvalue weighted by atomic mass is 16.1. The van der Waals surface area contributed by atoms with Crippen LogP contribution in [0, 0.1) is 6.92 Å². The molecule has 0 atom stereocenters. The van der Waals surface area contributed by atoms with Gasteiger partial charge in [-0.25, -0.2) is 0 Å². The van der Waals surface area contributed by atoms with Crippen molar-refractivity contribution in [3.8, 4) is 0 Å². The van der Waals surface area contributed by atoms with Crippen LogP contribution in [0.1, 0.15) is 11.1 Å². The largest absolute Gasteiger partial charge is 0.306 e. The van der Waals surface area contributed by atoms with Crippen molar-refractivity contribution in [1.82, 2.24) is 10.9 Å². The lowest BCUT2D eigenvalue weighted by molar-refractivity contribution is -0.110. The van der Waals surface area contributed by atoms with Crippen LogP contribution < -0.4 is 10.9 Å². The normalized spacial score (nSPS) is 9.92. The zero-order valence-corrected chi connectivity index (χ0v) is 7.45. The zero-order chi connectivity index (χ0) is 9.52. The first-order chi connectivity index (χ1) is 6.33. The predicted molar refractivity (Wildman–Crippen MR) is 52.5 cm³/mol. The van der Waals surface area contributed by atoms with E-state index in [1.807, 2.05) is 37.3 Å². The van der Waals surface area contributed by atoms with Crippen molar-refractivity contribution in [1.29, 1.82) is 0 Å². The number of hydrogen-bond donors (Lipinski definition) is 2. The number of rotatable bonds is 4. The second-order valence-electron chi connectivity index (χ2n) is 2.65. The molecule has 1 aromatic carbocycles. The summed E-state index contributed by atoms with van der Waals surface area (Å²) in [5.41, 5.74) is 7.23. The summed E-state index contributed by atoms with van der Waals surface area (Å²) < 4.78 is 0. The average molecular weight is 176 g/mol. The van der Waals surface area contributed by atoms with E-state index in [0.29, 0.717) is 6.41 Å². The third-order valence-electron chi connectivity index (χ3n) is 1.58. The van der Waals surface area contributed by atoms with Crippen LogP contribution in [0.15, 0.2) is 30.5 Å². The molecule has 3 heteroatoms. The third kappa shape index (κ3) is 3.42. The molecule has 0 spiro atoms. The van der Waals surface area contributed by atoms with Crippen LogP contribution in [-0.2, 0) is 4.79 Å². The van der Waals surface area contributed by atoms with Gasteiger partial charge in [-0.2, -0.15) is 0 Å². The summed E-state index contributed by atoms with van der Waals surface area (Å²) >= 11 is 0. The minimum Gasteiger partial charge on any atom is -0.306 e. The first-order valence-corrected chi connectivity index (χ1v) is 4.01. The highest BCUT2D eigenvalue weighted by molar-refractivity contribution is 5.50. The number of carbonyl (C=O) groups excluding carboxylic acids is 1. The van der Waals surface area contributed by atoms with Crippen molar-refractivity contribution >= 4 is 12.5 Å². The Hall–Kier alpha value is -1.77. The number of aryl methyl sites for hydroxylation is 1. The van der Waals surface area contributed by atoms with E-state index >= 15 is 0 Å². The first-order valence-electron chi connectivity index (χ1n) is 4.01. The fourth-order valence-electron chi connectivity index (χ4n) is 0.898. The maximum absolute atomic E-state index is 9.85. The van der Waals surface area contributed by atoms with Crippen LogP contribution in [-0.4, -0.2) is 6.41 Å². The third-order valence-corrected chi connectivity index (χ3v) is 1.58. The van der Waals surface area contributed by atoms with E-state index in [1.54, 1.807) is 6.20 Å². The van der Waals surface area contributed by atoms with E-state index in [9.17, 15) is 4.79 Å². The predicted octanol–water partition coefficient (Wildman–Crippen LogP) is 1.22. The molecular formula is C10H12N2O. The maximum Gasteiger partial charge on any atom is 0.225 e. The van der Waals surface area contributed by atoms with Gasteiger partial charge in [0.15, 0.2) is 0 Å². The van der Waals surface area contributed by atoms with Gasteiger partial charge in [0.1, 0.15) is 0 Å². The van der Waals surface area contributed by atoms with Gasteiger partial charge in [-0.05, 0) is 18.6 Å². The fourth-order valence-corrected chi connectivity index (χ4v) is 0.898. The molecule has 1 aromatic rings. The van der Waals surface area contributed by atoms with Crippen LogP contribution in [0.3, 0.4) is 0 Å². The molecule has 0 unspecified atom stereocenters. The molecule has 0 heterocycles. The molecule has 3 nitrogen and oxygen atoms in total. The second-order valence-corrected chi connectivity index (χ2v) is 2.65. The Morgan fingerprint density at radius 2 is 1.85 bits per heavy atom. The molecule has 0 aliphatic carbocycles. The first kappa shape index (κ1) is 9.32. The monoisotopic (exact) mass is 176 g/mol. The van der Waals surface area contributed by atoms with Gasteiger partial charge in [0.2, 0.25) is 6.41 Å². The van der Waals surface area contributed by atoms with Crippen molar-refractivity contribution in [3.63, 3.8) is 0 Å². The van der Waals surface area contributed by atoms with E-state index < -0.39 is 0 Å². The molecule has 0 aliphatic heterocycles. The fraction of sp³-hybridized carbons (Fsp3) is 0.100. The Bertz CT molecular complexity index is 290. The minimum atomic E-state index is 0.583. The standard InChI is InChI=1S/C10H12N2O/c1-9-2-4-10(5-3-9)6-7-11-12-8-13/h2-8,11H,1H3,(H,12,13)/b7-6+. The van der Waals surface area contributed by atoms with Gasteiger partial charge in [-0.1, -0.05) is 29.8 Å². The molecule has 2 N–H and O–H groups in total. The Kier molecular flexibility index (Phi) is 3.57. The highest BCUT2D eigenvalue weighted by Gasteiger charge is 1.84. The van der Waals surface area contributed by atoms with Gasteiger partial charge in [-0.15, -0.1) is 0 Å². The van der Waals surface area contributed by atoms with Crippen LogP contribution in [0.4, 0.5) is 0 Å². The summed E-state index contributed by atoms with van der Waals surface area (Å²) in [7, 11) is 0.